The highest BCUT2D eigenvalue weighted by Crippen LogP contribution is 2.31. The second-order valence-electron chi connectivity index (χ2n) is 6.30. The highest BCUT2D eigenvalue weighted by Gasteiger charge is 2.26. The molecule has 1 N–H and O–H groups in total. The number of nitrogens with zero attached hydrogens (tertiary/aromatic N) is 3. The predicted octanol–water partition coefficient (Wildman–Crippen LogP) is 2.21. The highest BCUT2D eigenvalue weighted by molar-refractivity contribution is 5.78. The summed E-state index contributed by atoms with van der Waals surface area (Å²) >= 11 is 0. The molecule has 5 nitrogen and oxygen atoms in total. The largest absolute Gasteiger partial charge is 0.348 e. The van der Waals surface area contributed by atoms with Crippen molar-refractivity contribution in [2.24, 2.45) is 0 Å². The number of rotatable bonds is 4. The van der Waals surface area contributed by atoms with Gasteiger partial charge in [0.1, 0.15) is 11.5 Å². The van der Waals surface area contributed by atoms with Crippen molar-refractivity contribution in [1.29, 1.82) is 0 Å². The molecule has 0 bridgehead atoms. The molecule has 1 aliphatic carbocycles. The third kappa shape index (κ3) is 3.31. The second kappa shape index (κ2) is 6.68. The zero-order valence-corrected chi connectivity index (χ0v) is 13.7. The molecule has 1 unspecified atom stereocenters. The maximum Gasteiger partial charge on any atom is 0.234 e. The summed E-state index contributed by atoms with van der Waals surface area (Å²) < 4.78 is 28.7. The van der Waals surface area contributed by atoms with Gasteiger partial charge in [0.15, 0.2) is 5.82 Å². The van der Waals surface area contributed by atoms with E-state index in [1.54, 1.807) is 11.1 Å². The van der Waals surface area contributed by atoms with Crippen molar-refractivity contribution in [2.45, 2.75) is 25.3 Å². The van der Waals surface area contributed by atoms with Gasteiger partial charge >= 0.3 is 0 Å². The Hall–Kier alpha value is -2.28. The summed E-state index contributed by atoms with van der Waals surface area (Å²) in [5.74, 6) is -1.33. The molecule has 1 aromatic carbocycles. The molecule has 0 spiro atoms. The van der Waals surface area contributed by atoms with E-state index in [1.165, 1.54) is 16.8 Å². The Balaban J connectivity index is 1.88. The zero-order chi connectivity index (χ0) is 17.3. The lowest BCUT2D eigenvalue weighted by Gasteiger charge is -2.25. The summed E-state index contributed by atoms with van der Waals surface area (Å²) in [4.78, 5) is 13.8. The molecule has 1 aromatic heterocycles. The van der Waals surface area contributed by atoms with E-state index < -0.39 is 11.6 Å². The Morgan fingerprint density at radius 3 is 2.92 bits per heavy atom. The first-order valence-corrected chi connectivity index (χ1v) is 7.92. The van der Waals surface area contributed by atoms with Gasteiger partial charge < -0.3 is 10.2 Å². The number of hydrogen-bond acceptors (Lipinski definition) is 3. The average molecular weight is 334 g/mol. The minimum Gasteiger partial charge on any atom is -0.348 e. The Labute approximate surface area is 139 Å². The maximum absolute atomic E-state index is 14.1. The molecule has 24 heavy (non-hydrogen) atoms. The van der Waals surface area contributed by atoms with Gasteiger partial charge in [-0.15, -0.1) is 0 Å². The van der Waals surface area contributed by atoms with Crippen LogP contribution in [0.15, 0.2) is 24.4 Å². The molecule has 128 valence electrons. The lowest BCUT2D eigenvalue weighted by atomic mass is 9.93. The van der Waals surface area contributed by atoms with Crippen molar-refractivity contribution < 1.29 is 13.6 Å². The third-order valence-corrected chi connectivity index (χ3v) is 4.12. The first-order valence-electron chi connectivity index (χ1n) is 7.92. The summed E-state index contributed by atoms with van der Waals surface area (Å²) in [5, 5.41) is 7.28. The van der Waals surface area contributed by atoms with Crippen LogP contribution in [-0.4, -0.2) is 41.2 Å². The van der Waals surface area contributed by atoms with Crippen LogP contribution in [0.1, 0.15) is 30.1 Å². The lowest BCUT2D eigenvalue weighted by Crippen LogP contribution is -2.37. The van der Waals surface area contributed by atoms with Crippen LogP contribution in [0, 0.1) is 11.6 Å². The number of carbonyl (C=O) groups excluding carboxylic acids is 1. The molecule has 0 saturated heterocycles. The van der Waals surface area contributed by atoms with Gasteiger partial charge in [0.05, 0.1) is 18.8 Å². The highest BCUT2D eigenvalue weighted by atomic mass is 19.1. The van der Waals surface area contributed by atoms with Crippen LogP contribution in [0.4, 0.5) is 8.78 Å². The molecule has 1 amide bonds. The standard InChI is InChI=1S/C17H20F2N4O/c1-22(2)10-17(24)21-14-4-3-5-15-12(14)9-20-23(15)16-7-6-11(18)8-13(16)19/h6-9,14H,3-5,10H2,1-2H3,(H,21,24). The number of benzene rings is 1. The van der Waals surface area contributed by atoms with Gasteiger partial charge in [-0.05, 0) is 45.5 Å². The minimum absolute atomic E-state index is 0.0569. The van der Waals surface area contributed by atoms with Gasteiger partial charge in [0.25, 0.3) is 0 Å². The van der Waals surface area contributed by atoms with Gasteiger partial charge in [-0.25, -0.2) is 13.5 Å². The Morgan fingerprint density at radius 2 is 2.21 bits per heavy atom. The first kappa shape index (κ1) is 16.6. The number of halogens is 2. The van der Waals surface area contributed by atoms with E-state index in [-0.39, 0.29) is 17.6 Å². The van der Waals surface area contributed by atoms with E-state index >= 15 is 0 Å². The lowest BCUT2D eigenvalue weighted by molar-refractivity contribution is -0.122. The van der Waals surface area contributed by atoms with E-state index in [4.69, 9.17) is 0 Å². The van der Waals surface area contributed by atoms with E-state index in [0.717, 1.165) is 36.6 Å². The quantitative estimate of drug-likeness (QED) is 0.933. The third-order valence-electron chi connectivity index (χ3n) is 4.12. The predicted molar refractivity (Wildman–Crippen MR) is 85.9 cm³/mol. The number of aromatic nitrogens is 2. The molecular formula is C17H20F2N4O. The number of nitrogens with one attached hydrogen (secondary N) is 1. The molecule has 1 aliphatic rings. The minimum atomic E-state index is -0.653. The topological polar surface area (TPSA) is 50.2 Å². The van der Waals surface area contributed by atoms with Crippen molar-refractivity contribution in [1.82, 2.24) is 20.0 Å². The first-order chi connectivity index (χ1) is 11.5. The molecule has 1 atom stereocenters. The number of hydrogen-bond donors (Lipinski definition) is 1. The van der Waals surface area contributed by atoms with Crippen molar-refractivity contribution in [3.05, 3.63) is 47.3 Å². The summed E-state index contributed by atoms with van der Waals surface area (Å²) in [6.45, 7) is 0.312. The van der Waals surface area contributed by atoms with Crippen molar-refractivity contribution >= 4 is 5.91 Å². The van der Waals surface area contributed by atoms with Gasteiger partial charge in [0, 0.05) is 17.3 Å². The van der Waals surface area contributed by atoms with Crippen LogP contribution in [0.3, 0.4) is 0 Å². The van der Waals surface area contributed by atoms with E-state index in [0.29, 0.717) is 6.54 Å². The normalized spacial score (nSPS) is 17.0. The smallest absolute Gasteiger partial charge is 0.234 e. The van der Waals surface area contributed by atoms with Crippen molar-refractivity contribution in [3.63, 3.8) is 0 Å². The Morgan fingerprint density at radius 1 is 1.42 bits per heavy atom. The maximum atomic E-state index is 14.1. The van der Waals surface area contributed by atoms with Gasteiger partial charge in [-0.2, -0.15) is 5.10 Å². The molecule has 0 fully saturated rings. The summed E-state index contributed by atoms with van der Waals surface area (Å²) in [6, 6.07) is 3.32. The Bertz CT molecular complexity index is 757. The van der Waals surface area contributed by atoms with Crippen LogP contribution in [0.5, 0.6) is 0 Å². The molecule has 7 heteroatoms. The average Bonchev–Trinajstić information content (AvgIpc) is 2.91. The fraction of sp³-hybridized carbons (Fsp3) is 0.412. The summed E-state index contributed by atoms with van der Waals surface area (Å²) in [6.07, 6.45) is 4.10. The number of carbonyl (C=O) groups is 1. The fourth-order valence-electron chi connectivity index (χ4n) is 3.09. The SMILES string of the molecule is CN(C)CC(=O)NC1CCCc2c1cnn2-c1ccc(F)cc1F. The molecule has 1 heterocycles. The van der Waals surface area contributed by atoms with E-state index in [9.17, 15) is 13.6 Å². The van der Waals surface area contributed by atoms with Gasteiger partial charge in [0.2, 0.25) is 5.91 Å². The van der Waals surface area contributed by atoms with Crippen molar-refractivity contribution in [3.8, 4) is 5.69 Å². The van der Waals surface area contributed by atoms with Crippen LogP contribution in [0.2, 0.25) is 0 Å². The van der Waals surface area contributed by atoms with Crippen LogP contribution in [-0.2, 0) is 11.2 Å². The number of likely N-dealkylation sites (N-methyl/N-ethyl adjacent to an activating group) is 1. The summed E-state index contributed by atoms with van der Waals surface area (Å²) in [7, 11) is 3.67. The number of amides is 1. The molecular weight excluding hydrogens is 314 g/mol. The summed E-state index contributed by atoms with van der Waals surface area (Å²) in [5.41, 5.74) is 1.98. The second-order valence-corrected chi connectivity index (χ2v) is 6.30. The van der Waals surface area contributed by atoms with Crippen LogP contribution >= 0.6 is 0 Å². The van der Waals surface area contributed by atoms with Gasteiger partial charge in [-0.1, -0.05) is 0 Å². The van der Waals surface area contributed by atoms with Gasteiger partial charge in [-0.3, -0.25) is 4.79 Å². The van der Waals surface area contributed by atoms with Crippen LogP contribution in [0.25, 0.3) is 5.69 Å². The molecule has 2 aromatic rings. The van der Waals surface area contributed by atoms with E-state index in [1.807, 2.05) is 14.1 Å². The van der Waals surface area contributed by atoms with Crippen molar-refractivity contribution in [2.75, 3.05) is 20.6 Å². The van der Waals surface area contributed by atoms with Crippen LogP contribution < -0.4 is 5.32 Å². The zero-order valence-electron chi connectivity index (χ0n) is 13.7. The number of fused-ring (bicyclic) bond motifs is 1. The molecule has 0 radical (unpaired) electrons. The molecule has 0 saturated carbocycles. The fourth-order valence-corrected chi connectivity index (χ4v) is 3.09. The Kier molecular flexibility index (Phi) is 4.62. The molecule has 3 rings (SSSR count). The molecule has 0 aliphatic heterocycles. The van der Waals surface area contributed by atoms with E-state index in [2.05, 4.69) is 10.4 Å². The monoisotopic (exact) mass is 334 g/mol.